The molecule has 0 atom stereocenters. The molecule has 0 aliphatic rings. The van der Waals surface area contributed by atoms with Gasteiger partial charge in [0, 0.05) is 18.7 Å². The van der Waals surface area contributed by atoms with Gasteiger partial charge in [0.2, 0.25) is 10.0 Å². The molecule has 5 nitrogen and oxygen atoms in total. The number of rotatable bonds is 11. The van der Waals surface area contributed by atoms with E-state index >= 15 is 0 Å². The fourth-order valence-electron chi connectivity index (χ4n) is 3.96. The van der Waals surface area contributed by atoms with Gasteiger partial charge in [0.25, 0.3) is 0 Å². The van der Waals surface area contributed by atoms with Gasteiger partial charge in [-0.2, -0.15) is 0 Å². The Morgan fingerprint density at radius 1 is 0.824 bits per heavy atom. The fourth-order valence-corrected chi connectivity index (χ4v) is 4.88. The summed E-state index contributed by atoms with van der Waals surface area (Å²) in [5.74, 6) is 0.798. The minimum absolute atomic E-state index is 0.419. The van der Waals surface area contributed by atoms with Crippen LogP contribution in [0.2, 0.25) is 0 Å². The molecule has 180 valence electrons. The predicted octanol–water partition coefficient (Wildman–Crippen LogP) is 5.39. The highest BCUT2D eigenvalue weighted by Gasteiger charge is 2.18. The summed E-state index contributed by atoms with van der Waals surface area (Å²) in [5.41, 5.74) is 4.75. The number of benzene rings is 3. The number of likely N-dealkylation sites (N-methyl/N-ethyl adjacent to an activating group) is 1. The van der Waals surface area contributed by atoms with Crippen LogP contribution >= 0.6 is 0 Å². The van der Waals surface area contributed by atoms with Crippen molar-refractivity contribution in [2.45, 2.75) is 13.8 Å². The van der Waals surface area contributed by atoms with Gasteiger partial charge in [-0.25, -0.2) is 8.42 Å². The first-order chi connectivity index (χ1) is 16.4. The van der Waals surface area contributed by atoms with Gasteiger partial charge in [0.15, 0.2) is 0 Å². The van der Waals surface area contributed by atoms with Crippen molar-refractivity contribution in [3.63, 3.8) is 0 Å². The molecular formula is C28H34N2O3S. The Kier molecular flexibility index (Phi) is 8.91. The molecule has 0 saturated carbocycles. The van der Waals surface area contributed by atoms with E-state index in [9.17, 15) is 8.42 Å². The molecule has 3 aromatic carbocycles. The Hall–Kier alpha value is -3.09. The van der Waals surface area contributed by atoms with Crippen LogP contribution in [0.3, 0.4) is 0 Å². The van der Waals surface area contributed by atoms with Gasteiger partial charge in [-0.05, 0) is 54.1 Å². The maximum absolute atomic E-state index is 12.6. The van der Waals surface area contributed by atoms with Crippen molar-refractivity contribution in [1.29, 1.82) is 0 Å². The average Bonchev–Trinajstić information content (AvgIpc) is 2.85. The summed E-state index contributed by atoms with van der Waals surface area (Å²) in [5, 5.41) is 0. The summed E-state index contributed by atoms with van der Waals surface area (Å²) in [6.07, 6.45) is 3.37. The molecular weight excluding hydrogens is 444 g/mol. The van der Waals surface area contributed by atoms with E-state index in [0.717, 1.165) is 41.1 Å². The van der Waals surface area contributed by atoms with Crippen LogP contribution in [0.15, 0.2) is 78.9 Å². The van der Waals surface area contributed by atoms with E-state index in [-0.39, 0.29) is 0 Å². The Balaban J connectivity index is 2.00. The van der Waals surface area contributed by atoms with Gasteiger partial charge in [-0.3, -0.25) is 4.31 Å². The van der Waals surface area contributed by atoms with Gasteiger partial charge in [-0.15, -0.1) is 0 Å². The molecule has 0 spiro atoms. The molecule has 34 heavy (non-hydrogen) atoms. The number of para-hydroxylation sites is 1. The molecule has 3 rings (SSSR count). The SMILES string of the molecule is CCN(CC)CCN(c1ccc(C(=Cc2ccccc2OC)c2ccccc2)cc1)S(C)(=O)=O. The van der Waals surface area contributed by atoms with Gasteiger partial charge in [0.05, 0.1) is 19.1 Å². The number of hydrogen-bond donors (Lipinski definition) is 0. The van der Waals surface area contributed by atoms with Crippen molar-refractivity contribution < 1.29 is 13.2 Å². The maximum atomic E-state index is 12.6. The van der Waals surface area contributed by atoms with E-state index in [4.69, 9.17) is 4.74 Å². The number of hydrogen-bond acceptors (Lipinski definition) is 4. The third kappa shape index (κ3) is 6.49. The molecule has 0 aliphatic heterocycles. The number of ether oxygens (including phenoxy) is 1. The van der Waals surface area contributed by atoms with E-state index in [1.54, 1.807) is 7.11 Å². The monoisotopic (exact) mass is 478 g/mol. The zero-order valence-corrected chi connectivity index (χ0v) is 21.3. The number of nitrogens with zero attached hydrogens (tertiary/aromatic N) is 2. The minimum Gasteiger partial charge on any atom is -0.496 e. The van der Waals surface area contributed by atoms with Crippen molar-refractivity contribution in [3.8, 4) is 5.75 Å². The Bertz CT molecular complexity index is 1190. The van der Waals surface area contributed by atoms with Crippen LogP contribution in [0.25, 0.3) is 11.6 Å². The van der Waals surface area contributed by atoms with E-state index in [1.807, 2.05) is 66.7 Å². The average molecular weight is 479 g/mol. The van der Waals surface area contributed by atoms with Gasteiger partial charge < -0.3 is 9.64 Å². The van der Waals surface area contributed by atoms with Crippen molar-refractivity contribution in [2.75, 3.05) is 43.8 Å². The van der Waals surface area contributed by atoms with Crippen LogP contribution in [-0.2, 0) is 10.0 Å². The summed E-state index contributed by atoms with van der Waals surface area (Å²) >= 11 is 0. The van der Waals surface area contributed by atoms with Crippen LogP contribution in [0.5, 0.6) is 5.75 Å². The molecule has 0 unspecified atom stereocenters. The minimum atomic E-state index is -3.40. The quantitative estimate of drug-likeness (QED) is 0.347. The lowest BCUT2D eigenvalue weighted by Crippen LogP contribution is -2.38. The third-order valence-electron chi connectivity index (χ3n) is 5.90. The molecule has 0 fully saturated rings. The van der Waals surface area contributed by atoms with Crippen molar-refractivity contribution in [1.82, 2.24) is 4.90 Å². The summed E-state index contributed by atoms with van der Waals surface area (Å²) < 4.78 is 32.1. The lowest BCUT2D eigenvalue weighted by molar-refractivity contribution is 0.313. The van der Waals surface area contributed by atoms with E-state index in [2.05, 4.69) is 37.0 Å². The highest BCUT2D eigenvalue weighted by atomic mass is 32.2. The number of anilines is 1. The van der Waals surface area contributed by atoms with Gasteiger partial charge >= 0.3 is 0 Å². The molecule has 6 heteroatoms. The normalized spacial score (nSPS) is 12.1. The Labute approximate surface area is 204 Å². The van der Waals surface area contributed by atoms with Crippen LogP contribution in [0.1, 0.15) is 30.5 Å². The summed E-state index contributed by atoms with van der Waals surface area (Å²) in [6.45, 7) is 7.06. The Morgan fingerprint density at radius 2 is 1.41 bits per heavy atom. The van der Waals surface area contributed by atoms with Crippen LogP contribution in [0, 0.1) is 0 Å². The molecule has 0 aliphatic carbocycles. The molecule has 0 bridgehead atoms. The summed E-state index contributed by atoms with van der Waals surface area (Å²) in [7, 11) is -1.73. The second-order valence-electron chi connectivity index (χ2n) is 8.07. The van der Waals surface area contributed by atoms with Crippen LogP contribution in [-0.4, -0.2) is 52.9 Å². The third-order valence-corrected chi connectivity index (χ3v) is 7.10. The van der Waals surface area contributed by atoms with Crippen molar-refractivity contribution in [2.24, 2.45) is 0 Å². The molecule has 3 aromatic rings. The Morgan fingerprint density at radius 3 is 2.00 bits per heavy atom. The van der Waals surface area contributed by atoms with E-state index in [0.29, 0.717) is 18.8 Å². The lowest BCUT2D eigenvalue weighted by Gasteiger charge is -2.26. The highest BCUT2D eigenvalue weighted by molar-refractivity contribution is 7.92. The zero-order valence-electron chi connectivity index (χ0n) is 20.4. The highest BCUT2D eigenvalue weighted by Crippen LogP contribution is 2.31. The molecule has 0 aromatic heterocycles. The second-order valence-corrected chi connectivity index (χ2v) is 9.98. The molecule has 0 N–H and O–H groups in total. The smallest absolute Gasteiger partial charge is 0.232 e. The first kappa shape index (κ1) is 25.5. The van der Waals surface area contributed by atoms with Crippen molar-refractivity contribution in [3.05, 3.63) is 95.6 Å². The van der Waals surface area contributed by atoms with Crippen molar-refractivity contribution >= 4 is 27.4 Å². The second kappa shape index (κ2) is 11.9. The first-order valence-corrected chi connectivity index (χ1v) is 13.4. The molecule has 0 heterocycles. The van der Waals surface area contributed by atoms with Gasteiger partial charge in [0.1, 0.15) is 5.75 Å². The van der Waals surface area contributed by atoms with Crippen LogP contribution in [0.4, 0.5) is 5.69 Å². The molecule has 0 radical (unpaired) electrons. The topological polar surface area (TPSA) is 49.9 Å². The largest absolute Gasteiger partial charge is 0.496 e. The maximum Gasteiger partial charge on any atom is 0.232 e. The lowest BCUT2D eigenvalue weighted by atomic mass is 9.95. The number of sulfonamides is 1. The molecule has 0 saturated heterocycles. The fraction of sp³-hybridized carbons (Fsp3) is 0.286. The number of methoxy groups -OCH3 is 1. The van der Waals surface area contributed by atoms with Gasteiger partial charge in [-0.1, -0.05) is 74.5 Å². The zero-order chi connectivity index (χ0) is 24.6. The predicted molar refractivity (Wildman–Crippen MR) is 143 cm³/mol. The summed E-state index contributed by atoms with van der Waals surface area (Å²) in [6, 6.07) is 25.8. The first-order valence-electron chi connectivity index (χ1n) is 11.6. The molecule has 0 amide bonds. The van der Waals surface area contributed by atoms with E-state index < -0.39 is 10.0 Å². The van der Waals surface area contributed by atoms with Crippen LogP contribution < -0.4 is 9.04 Å². The standard InChI is InChI=1S/C28H34N2O3S/c1-5-29(6-2)20-21-30(34(4,31)32)26-18-16-24(17-19-26)27(23-12-8-7-9-13-23)22-25-14-10-11-15-28(25)33-3/h7-19,22H,5-6,20-21H2,1-4H3. The van der Waals surface area contributed by atoms with E-state index in [1.165, 1.54) is 10.6 Å². The summed E-state index contributed by atoms with van der Waals surface area (Å²) in [4.78, 5) is 2.22.